The predicted octanol–water partition coefficient (Wildman–Crippen LogP) is 0.878. The second kappa shape index (κ2) is 7.94. The van der Waals surface area contributed by atoms with E-state index in [2.05, 4.69) is 20.9 Å². The number of carbonyl (C=O) groups is 3. The predicted molar refractivity (Wildman–Crippen MR) is 96.6 cm³/mol. The van der Waals surface area contributed by atoms with Crippen LogP contribution in [0.1, 0.15) is 31.2 Å². The molecule has 3 heterocycles. The number of pyridine rings is 1. The molecule has 0 saturated carbocycles. The fourth-order valence-electron chi connectivity index (χ4n) is 3.49. The van der Waals surface area contributed by atoms with Gasteiger partial charge >= 0.3 is 12.0 Å². The Labute approximate surface area is 155 Å². The second-order valence-electron chi connectivity index (χ2n) is 6.54. The minimum Gasteiger partial charge on any atom is -0.481 e. The summed E-state index contributed by atoms with van der Waals surface area (Å²) in [5, 5.41) is 17.5. The van der Waals surface area contributed by atoms with E-state index >= 15 is 0 Å². The quantitative estimate of drug-likeness (QED) is 0.394. The highest BCUT2D eigenvalue weighted by molar-refractivity contribution is 8.01. The molecule has 0 aliphatic carbocycles. The summed E-state index contributed by atoms with van der Waals surface area (Å²) in [4.78, 5) is 39.5. The molecule has 0 spiro atoms. The number of nitrogens with zero attached hydrogens (tertiary/aromatic N) is 1. The van der Waals surface area contributed by atoms with Crippen LogP contribution in [0.5, 0.6) is 0 Å². The molecule has 3 rings (SSSR count). The third-order valence-electron chi connectivity index (χ3n) is 4.80. The molecule has 0 bridgehead atoms. The summed E-state index contributed by atoms with van der Waals surface area (Å²) in [6, 6.07) is 3.05. The Morgan fingerprint density at radius 1 is 1.31 bits per heavy atom. The summed E-state index contributed by atoms with van der Waals surface area (Å²) in [5.41, 5.74) is 0.947. The minimum atomic E-state index is -0.839. The van der Waals surface area contributed by atoms with Gasteiger partial charge in [0.2, 0.25) is 5.91 Å². The van der Waals surface area contributed by atoms with Crippen molar-refractivity contribution in [3.63, 3.8) is 0 Å². The highest BCUT2D eigenvalue weighted by Gasteiger charge is 2.57. The van der Waals surface area contributed by atoms with Crippen molar-refractivity contribution in [1.82, 2.24) is 20.9 Å². The number of aromatic nitrogens is 1. The van der Waals surface area contributed by atoms with Crippen molar-refractivity contribution in [3.8, 4) is 0 Å². The first-order chi connectivity index (χ1) is 12.5. The molecule has 9 heteroatoms. The van der Waals surface area contributed by atoms with Gasteiger partial charge in [-0.15, -0.1) is 11.8 Å². The number of carboxylic acids is 1. The van der Waals surface area contributed by atoms with Gasteiger partial charge < -0.3 is 21.1 Å². The maximum absolute atomic E-state index is 13.1. The zero-order valence-electron chi connectivity index (χ0n) is 14.2. The van der Waals surface area contributed by atoms with Gasteiger partial charge in [-0.2, -0.15) is 0 Å². The lowest BCUT2D eigenvalue weighted by atomic mass is 9.88. The lowest BCUT2D eigenvalue weighted by molar-refractivity contribution is -0.137. The number of amides is 3. The van der Waals surface area contributed by atoms with Crippen molar-refractivity contribution >= 4 is 29.7 Å². The van der Waals surface area contributed by atoms with E-state index < -0.39 is 10.7 Å². The van der Waals surface area contributed by atoms with Crippen molar-refractivity contribution in [2.24, 2.45) is 0 Å². The Bertz CT molecular complexity index is 687. The molecule has 140 valence electrons. The first-order valence-corrected chi connectivity index (χ1v) is 9.60. The van der Waals surface area contributed by atoms with E-state index in [9.17, 15) is 14.4 Å². The number of aliphatic carboxylic acids is 1. The average Bonchev–Trinajstić information content (AvgIpc) is 3.16. The van der Waals surface area contributed by atoms with E-state index in [1.165, 1.54) is 11.8 Å². The molecular formula is C17H22N4O4S. The number of fused-ring (bicyclic) bond motifs is 1. The van der Waals surface area contributed by atoms with Crippen LogP contribution in [0.2, 0.25) is 0 Å². The number of carboxylic acid groups (broad SMARTS) is 1. The van der Waals surface area contributed by atoms with Crippen LogP contribution in [-0.2, 0) is 16.1 Å². The van der Waals surface area contributed by atoms with Gasteiger partial charge in [0, 0.05) is 31.1 Å². The van der Waals surface area contributed by atoms with Crippen molar-refractivity contribution < 1.29 is 19.5 Å². The topological polar surface area (TPSA) is 120 Å². The molecule has 4 N–H and O–H groups in total. The zero-order chi connectivity index (χ0) is 18.6. The number of urea groups is 1. The Morgan fingerprint density at radius 2 is 2.08 bits per heavy atom. The van der Waals surface area contributed by atoms with Crippen LogP contribution >= 0.6 is 11.8 Å². The van der Waals surface area contributed by atoms with E-state index in [4.69, 9.17) is 5.11 Å². The van der Waals surface area contributed by atoms with Crippen LogP contribution in [0.4, 0.5) is 4.79 Å². The normalized spacial score (nSPS) is 26.7. The van der Waals surface area contributed by atoms with Crippen molar-refractivity contribution in [2.75, 3.05) is 5.75 Å². The minimum absolute atomic E-state index is 0.0814. The number of hydrogen-bond acceptors (Lipinski definition) is 5. The first-order valence-electron chi connectivity index (χ1n) is 8.61. The zero-order valence-corrected chi connectivity index (χ0v) is 15.1. The Hall–Kier alpha value is -2.29. The lowest BCUT2D eigenvalue weighted by Crippen LogP contribution is -2.56. The largest absolute Gasteiger partial charge is 0.481 e. The molecule has 2 fully saturated rings. The van der Waals surface area contributed by atoms with E-state index in [1.54, 1.807) is 12.4 Å². The summed E-state index contributed by atoms with van der Waals surface area (Å²) in [6.45, 7) is 0.386. The number of thioether (sulfide) groups is 1. The summed E-state index contributed by atoms with van der Waals surface area (Å²) < 4.78 is -0.782. The summed E-state index contributed by atoms with van der Waals surface area (Å²) in [7, 11) is 0. The van der Waals surface area contributed by atoms with Crippen LogP contribution in [0.25, 0.3) is 0 Å². The second-order valence-corrected chi connectivity index (χ2v) is 7.89. The van der Waals surface area contributed by atoms with Gasteiger partial charge in [-0.1, -0.05) is 6.42 Å². The molecule has 3 atom stereocenters. The van der Waals surface area contributed by atoms with Crippen LogP contribution in [0, 0.1) is 0 Å². The van der Waals surface area contributed by atoms with Gasteiger partial charge in [0.15, 0.2) is 0 Å². The highest BCUT2D eigenvalue weighted by Crippen LogP contribution is 2.44. The molecule has 2 saturated heterocycles. The maximum atomic E-state index is 13.1. The van der Waals surface area contributed by atoms with Crippen LogP contribution in [0.15, 0.2) is 24.5 Å². The molecule has 1 aromatic rings. The lowest BCUT2D eigenvalue weighted by Gasteiger charge is -2.32. The summed E-state index contributed by atoms with van der Waals surface area (Å²) in [5.74, 6) is -0.300. The van der Waals surface area contributed by atoms with E-state index in [-0.39, 0.29) is 30.4 Å². The van der Waals surface area contributed by atoms with Crippen LogP contribution in [0.3, 0.4) is 0 Å². The fraction of sp³-hybridized carbons (Fsp3) is 0.529. The number of carbonyl (C=O) groups excluding carboxylic acids is 2. The Morgan fingerprint density at radius 3 is 2.81 bits per heavy atom. The van der Waals surface area contributed by atoms with Crippen molar-refractivity contribution in [3.05, 3.63) is 30.1 Å². The third-order valence-corrected chi connectivity index (χ3v) is 6.49. The SMILES string of the molecule is O=C(O)CCCC[C@]1(C(=O)NCc2ccncc2)SC[C@@H]2NC(=O)N[C@@H]21. The number of rotatable bonds is 8. The van der Waals surface area contributed by atoms with Gasteiger partial charge in [-0.05, 0) is 30.5 Å². The van der Waals surface area contributed by atoms with E-state index in [0.717, 1.165) is 5.56 Å². The van der Waals surface area contributed by atoms with E-state index in [0.29, 0.717) is 31.6 Å². The third kappa shape index (κ3) is 3.92. The summed E-state index contributed by atoms with van der Waals surface area (Å²) in [6.07, 6.45) is 5.07. The van der Waals surface area contributed by atoms with Gasteiger partial charge in [-0.3, -0.25) is 14.6 Å². The smallest absolute Gasteiger partial charge is 0.315 e. The average molecular weight is 378 g/mol. The molecule has 2 aliphatic heterocycles. The Kier molecular flexibility index (Phi) is 5.65. The molecule has 8 nitrogen and oxygen atoms in total. The molecule has 0 radical (unpaired) electrons. The monoisotopic (exact) mass is 378 g/mol. The molecule has 0 unspecified atom stereocenters. The number of unbranched alkanes of at least 4 members (excludes halogenated alkanes) is 1. The van der Waals surface area contributed by atoms with Gasteiger partial charge in [-0.25, -0.2) is 4.79 Å². The van der Waals surface area contributed by atoms with Crippen LogP contribution < -0.4 is 16.0 Å². The number of nitrogens with one attached hydrogen (secondary N) is 3. The fourth-order valence-corrected chi connectivity index (χ4v) is 5.13. The van der Waals surface area contributed by atoms with Crippen molar-refractivity contribution in [1.29, 1.82) is 0 Å². The molecular weight excluding hydrogens is 356 g/mol. The van der Waals surface area contributed by atoms with Gasteiger partial charge in [0.1, 0.15) is 4.75 Å². The Balaban J connectivity index is 1.69. The van der Waals surface area contributed by atoms with E-state index in [1.807, 2.05) is 12.1 Å². The summed E-state index contributed by atoms with van der Waals surface area (Å²) >= 11 is 1.54. The van der Waals surface area contributed by atoms with Gasteiger partial charge in [0.25, 0.3) is 0 Å². The van der Waals surface area contributed by atoms with Gasteiger partial charge in [0.05, 0.1) is 12.1 Å². The standard InChI is InChI=1S/C17H22N4O4S/c22-13(23)3-1-2-6-17(14-12(10-26-17)20-16(25)21-14)15(24)19-9-11-4-7-18-8-5-11/h4-5,7-8,12,14H,1-3,6,9-10H2,(H,19,24)(H,22,23)(H2,20,21,25)/t12-,14-,17-/m0/s1. The molecule has 1 aromatic heterocycles. The molecule has 0 aromatic carbocycles. The molecule has 2 aliphatic rings. The van der Waals surface area contributed by atoms with Crippen molar-refractivity contribution in [2.45, 2.75) is 49.1 Å². The first kappa shape index (κ1) is 18.5. The number of hydrogen-bond donors (Lipinski definition) is 4. The molecule has 3 amide bonds. The highest BCUT2D eigenvalue weighted by atomic mass is 32.2. The maximum Gasteiger partial charge on any atom is 0.315 e. The van der Waals surface area contributed by atoms with Crippen LogP contribution in [-0.4, -0.2) is 50.6 Å². The molecule has 26 heavy (non-hydrogen) atoms.